The standard InChI is InChI=1S/C9H18O/c1-5-9-7(3)6(2)8(4)10-9/h6-9H,5H2,1-4H3/t6?,7?,8-,9+/m1/s1. The van der Waals surface area contributed by atoms with Gasteiger partial charge in [0.05, 0.1) is 12.2 Å². The van der Waals surface area contributed by atoms with E-state index >= 15 is 0 Å². The number of ether oxygens (including phenoxy) is 1. The molecule has 1 fully saturated rings. The molecule has 1 saturated heterocycles. The lowest BCUT2D eigenvalue weighted by Crippen LogP contribution is -2.14. The van der Waals surface area contributed by atoms with Gasteiger partial charge in [0.1, 0.15) is 0 Å². The minimum Gasteiger partial charge on any atom is -0.375 e. The molecule has 0 bridgehead atoms. The summed E-state index contributed by atoms with van der Waals surface area (Å²) in [7, 11) is 0. The zero-order chi connectivity index (χ0) is 7.72. The number of hydrogen-bond acceptors (Lipinski definition) is 1. The molecule has 1 rings (SSSR count). The Balaban J connectivity index is 2.53. The van der Waals surface area contributed by atoms with E-state index in [1.807, 2.05) is 0 Å². The van der Waals surface area contributed by atoms with Crippen LogP contribution in [0.15, 0.2) is 0 Å². The zero-order valence-electron chi connectivity index (χ0n) is 7.42. The van der Waals surface area contributed by atoms with Crippen LogP contribution in [-0.2, 0) is 4.74 Å². The zero-order valence-corrected chi connectivity index (χ0v) is 7.42. The van der Waals surface area contributed by atoms with Crippen LogP contribution in [0.1, 0.15) is 34.1 Å². The van der Waals surface area contributed by atoms with Gasteiger partial charge in [0.2, 0.25) is 0 Å². The van der Waals surface area contributed by atoms with E-state index in [9.17, 15) is 0 Å². The van der Waals surface area contributed by atoms with E-state index in [0.717, 1.165) is 18.3 Å². The molecule has 1 heteroatoms. The summed E-state index contributed by atoms with van der Waals surface area (Å²) in [6, 6.07) is 0. The van der Waals surface area contributed by atoms with Crippen LogP contribution in [0.25, 0.3) is 0 Å². The molecule has 10 heavy (non-hydrogen) atoms. The average Bonchev–Trinajstić information content (AvgIpc) is 2.17. The van der Waals surface area contributed by atoms with Gasteiger partial charge in [-0.3, -0.25) is 0 Å². The second-order valence-electron chi connectivity index (χ2n) is 3.51. The second kappa shape index (κ2) is 2.91. The molecule has 1 nitrogen and oxygen atoms in total. The molecule has 0 aromatic rings. The van der Waals surface area contributed by atoms with Gasteiger partial charge >= 0.3 is 0 Å². The number of rotatable bonds is 1. The van der Waals surface area contributed by atoms with Gasteiger partial charge in [-0.2, -0.15) is 0 Å². The molecule has 60 valence electrons. The maximum absolute atomic E-state index is 5.73. The molecule has 0 amide bonds. The van der Waals surface area contributed by atoms with Crippen molar-refractivity contribution < 1.29 is 4.74 Å². The fraction of sp³-hybridized carbons (Fsp3) is 1.00. The first-order chi connectivity index (χ1) is 4.66. The van der Waals surface area contributed by atoms with Crippen molar-refractivity contribution in [3.05, 3.63) is 0 Å². The molecular weight excluding hydrogens is 124 g/mol. The lowest BCUT2D eigenvalue weighted by molar-refractivity contribution is 0.0393. The Morgan fingerprint density at radius 3 is 1.90 bits per heavy atom. The fourth-order valence-corrected chi connectivity index (χ4v) is 1.76. The van der Waals surface area contributed by atoms with Crippen molar-refractivity contribution in [3.63, 3.8) is 0 Å². The van der Waals surface area contributed by atoms with Gasteiger partial charge in [-0.25, -0.2) is 0 Å². The van der Waals surface area contributed by atoms with E-state index in [-0.39, 0.29) is 0 Å². The summed E-state index contributed by atoms with van der Waals surface area (Å²) in [4.78, 5) is 0. The van der Waals surface area contributed by atoms with Crippen molar-refractivity contribution in [3.8, 4) is 0 Å². The topological polar surface area (TPSA) is 9.23 Å². The summed E-state index contributed by atoms with van der Waals surface area (Å²) in [5.74, 6) is 1.49. The Labute approximate surface area is 63.8 Å². The predicted octanol–water partition coefficient (Wildman–Crippen LogP) is 2.46. The van der Waals surface area contributed by atoms with E-state index < -0.39 is 0 Å². The van der Waals surface area contributed by atoms with Crippen molar-refractivity contribution in [2.45, 2.75) is 46.3 Å². The molecule has 0 spiro atoms. The molecule has 0 saturated carbocycles. The van der Waals surface area contributed by atoms with Crippen molar-refractivity contribution in [2.75, 3.05) is 0 Å². The second-order valence-corrected chi connectivity index (χ2v) is 3.51. The smallest absolute Gasteiger partial charge is 0.0605 e. The van der Waals surface area contributed by atoms with E-state index in [4.69, 9.17) is 4.74 Å². The highest BCUT2D eigenvalue weighted by Gasteiger charge is 2.34. The largest absolute Gasteiger partial charge is 0.375 e. The Bertz CT molecular complexity index is 111. The first-order valence-corrected chi connectivity index (χ1v) is 4.32. The van der Waals surface area contributed by atoms with Crippen LogP contribution in [0.5, 0.6) is 0 Å². The highest BCUT2D eigenvalue weighted by atomic mass is 16.5. The van der Waals surface area contributed by atoms with Gasteiger partial charge in [-0.05, 0) is 25.2 Å². The maximum atomic E-state index is 5.73. The minimum atomic E-state index is 0.472. The van der Waals surface area contributed by atoms with Crippen LogP contribution in [0.2, 0.25) is 0 Å². The third-order valence-electron chi connectivity index (χ3n) is 2.95. The van der Waals surface area contributed by atoms with Crippen molar-refractivity contribution in [1.29, 1.82) is 0 Å². The van der Waals surface area contributed by atoms with Gasteiger partial charge < -0.3 is 4.74 Å². The molecule has 2 unspecified atom stereocenters. The lowest BCUT2D eigenvalue weighted by atomic mass is 9.90. The van der Waals surface area contributed by atoms with Crippen LogP contribution in [0, 0.1) is 11.8 Å². The van der Waals surface area contributed by atoms with Crippen LogP contribution >= 0.6 is 0 Å². The summed E-state index contributed by atoms with van der Waals surface area (Å²) in [5.41, 5.74) is 0. The summed E-state index contributed by atoms with van der Waals surface area (Å²) in [6.45, 7) is 8.95. The molecule has 0 radical (unpaired) electrons. The van der Waals surface area contributed by atoms with Gasteiger partial charge in [0.25, 0.3) is 0 Å². The normalized spacial score (nSPS) is 48.0. The van der Waals surface area contributed by atoms with Crippen LogP contribution < -0.4 is 0 Å². The summed E-state index contributed by atoms with van der Waals surface area (Å²) >= 11 is 0. The molecular formula is C9H18O. The average molecular weight is 142 g/mol. The van der Waals surface area contributed by atoms with Crippen LogP contribution in [-0.4, -0.2) is 12.2 Å². The Hall–Kier alpha value is -0.0400. The third-order valence-corrected chi connectivity index (χ3v) is 2.95. The maximum Gasteiger partial charge on any atom is 0.0605 e. The summed E-state index contributed by atoms with van der Waals surface area (Å²) in [6.07, 6.45) is 2.15. The van der Waals surface area contributed by atoms with E-state index in [1.54, 1.807) is 0 Å². The fourth-order valence-electron chi connectivity index (χ4n) is 1.76. The van der Waals surface area contributed by atoms with Crippen molar-refractivity contribution >= 4 is 0 Å². The first-order valence-electron chi connectivity index (χ1n) is 4.32. The Morgan fingerprint density at radius 2 is 1.70 bits per heavy atom. The first kappa shape index (κ1) is 8.06. The molecule has 4 atom stereocenters. The number of hydrogen-bond donors (Lipinski definition) is 0. The molecule has 0 N–H and O–H groups in total. The lowest BCUT2D eigenvalue weighted by Gasteiger charge is -2.12. The Kier molecular flexibility index (Phi) is 2.35. The van der Waals surface area contributed by atoms with E-state index in [0.29, 0.717) is 12.2 Å². The molecule has 0 aliphatic carbocycles. The van der Waals surface area contributed by atoms with Crippen molar-refractivity contribution in [1.82, 2.24) is 0 Å². The van der Waals surface area contributed by atoms with Gasteiger partial charge in [0.15, 0.2) is 0 Å². The van der Waals surface area contributed by atoms with E-state index in [1.165, 1.54) is 0 Å². The highest BCUT2D eigenvalue weighted by molar-refractivity contribution is 4.82. The third kappa shape index (κ3) is 1.20. The molecule has 1 heterocycles. The molecule has 0 aromatic carbocycles. The van der Waals surface area contributed by atoms with Gasteiger partial charge in [0, 0.05) is 0 Å². The van der Waals surface area contributed by atoms with Crippen LogP contribution in [0.4, 0.5) is 0 Å². The van der Waals surface area contributed by atoms with Crippen molar-refractivity contribution in [2.24, 2.45) is 11.8 Å². The molecule has 0 aromatic heterocycles. The quantitative estimate of drug-likeness (QED) is 0.546. The summed E-state index contributed by atoms with van der Waals surface area (Å²) in [5, 5.41) is 0. The summed E-state index contributed by atoms with van der Waals surface area (Å²) < 4.78 is 5.73. The van der Waals surface area contributed by atoms with Gasteiger partial charge in [-0.15, -0.1) is 0 Å². The van der Waals surface area contributed by atoms with Gasteiger partial charge in [-0.1, -0.05) is 20.8 Å². The molecule has 1 aliphatic rings. The van der Waals surface area contributed by atoms with E-state index in [2.05, 4.69) is 27.7 Å². The molecule has 1 aliphatic heterocycles. The minimum absolute atomic E-state index is 0.472. The Morgan fingerprint density at radius 1 is 1.10 bits per heavy atom. The highest BCUT2D eigenvalue weighted by Crippen LogP contribution is 2.32. The predicted molar refractivity (Wildman–Crippen MR) is 43.0 cm³/mol. The SMILES string of the molecule is CC[C@@H]1O[C@H](C)C(C)C1C. The monoisotopic (exact) mass is 142 g/mol. The van der Waals surface area contributed by atoms with Crippen LogP contribution in [0.3, 0.4) is 0 Å².